The van der Waals surface area contributed by atoms with Crippen molar-refractivity contribution in [2.24, 2.45) is 11.3 Å². The molecular formula is C36H52N8O3. The first kappa shape index (κ1) is 32.2. The minimum Gasteiger partial charge on any atom is -0.485 e. The number of hydrogen-bond donors (Lipinski definition) is 0. The Hall–Kier alpha value is -3.34. The SMILES string of the molecule is COC1CN(C(=O)C23CC(CCCCCCCCCC(c4ncc(N5CC[C@@H](Oc6c(C)nc7nc(C)nn7c6C)C5)cn4)C2)C3)C1. The molecule has 5 fully saturated rings. The monoisotopic (exact) mass is 644 g/mol. The molecule has 0 aromatic carbocycles. The molecule has 11 heteroatoms. The summed E-state index contributed by atoms with van der Waals surface area (Å²) in [5.74, 6) is 4.20. The van der Waals surface area contributed by atoms with Crippen molar-refractivity contribution in [1.29, 1.82) is 0 Å². The smallest absolute Gasteiger partial charge is 0.253 e. The van der Waals surface area contributed by atoms with Crippen LogP contribution < -0.4 is 9.64 Å². The largest absolute Gasteiger partial charge is 0.485 e. The zero-order chi connectivity index (χ0) is 32.5. The minimum atomic E-state index is -0.279. The number of hydrogen-bond acceptors (Lipinski definition) is 9. The quantitative estimate of drug-likeness (QED) is 0.331. The number of carbonyl (C=O) groups excluding carboxylic acids is 1. The molecule has 5 aliphatic rings. The van der Waals surface area contributed by atoms with E-state index in [1.165, 1.54) is 44.9 Å². The Morgan fingerprint density at radius 2 is 1.55 bits per heavy atom. The highest BCUT2D eigenvalue weighted by molar-refractivity contribution is 5.84. The highest BCUT2D eigenvalue weighted by Gasteiger charge is 2.54. The van der Waals surface area contributed by atoms with E-state index >= 15 is 0 Å². The number of anilines is 1. The van der Waals surface area contributed by atoms with Gasteiger partial charge in [0.15, 0.2) is 5.75 Å². The molecule has 3 aliphatic carbocycles. The number of amides is 1. The predicted molar refractivity (Wildman–Crippen MR) is 180 cm³/mol. The van der Waals surface area contributed by atoms with Gasteiger partial charge in [-0.1, -0.05) is 51.4 Å². The summed E-state index contributed by atoms with van der Waals surface area (Å²) < 4.78 is 13.8. The van der Waals surface area contributed by atoms with Crippen LogP contribution in [0.5, 0.6) is 5.75 Å². The lowest BCUT2D eigenvalue weighted by atomic mass is 9.56. The van der Waals surface area contributed by atoms with E-state index in [1.807, 2.05) is 38.1 Å². The summed E-state index contributed by atoms with van der Waals surface area (Å²) in [7, 11) is 1.75. The molecule has 3 aromatic heterocycles. The average Bonchev–Trinajstić information content (AvgIpc) is 3.65. The van der Waals surface area contributed by atoms with Gasteiger partial charge in [-0.15, -0.1) is 5.10 Å². The molecule has 47 heavy (non-hydrogen) atoms. The standard InChI is InChI=1S/C36H52N8O3/c1-24-32(25(2)44-35(39-24)40-26(3)41-44)47-30-14-15-42(21-30)29-19-37-33(38-20-29)28-13-11-9-7-5-6-8-10-12-27-16-36(17-27,18-28)34(45)43-22-31(23-43)46-4/h19-20,27-28,30-31H,5-18,21-23H2,1-4H3/t27?,28?,30-,36?/m1/s1. The van der Waals surface area contributed by atoms with Crippen molar-refractivity contribution in [2.75, 3.05) is 38.2 Å². The van der Waals surface area contributed by atoms with E-state index in [0.717, 1.165) is 93.4 Å². The number of nitrogens with zero attached hydrogens (tertiary/aromatic N) is 8. The van der Waals surface area contributed by atoms with Gasteiger partial charge in [0, 0.05) is 39.1 Å². The summed E-state index contributed by atoms with van der Waals surface area (Å²) in [5, 5.41) is 4.49. The number of rotatable bonds is 6. The molecule has 3 aromatic rings. The highest BCUT2D eigenvalue weighted by Crippen LogP contribution is 2.55. The molecule has 2 saturated heterocycles. The van der Waals surface area contributed by atoms with Crippen LogP contribution in [0.3, 0.4) is 0 Å². The van der Waals surface area contributed by atoms with Gasteiger partial charge in [0.2, 0.25) is 5.91 Å². The number of methoxy groups -OCH3 is 1. The average molecular weight is 645 g/mol. The maximum absolute atomic E-state index is 14.0. The van der Waals surface area contributed by atoms with E-state index in [1.54, 1.807) is 11.6 Å². The minimum absolute atomic E-state index is 0.0344. The van der Waals surface area contributed by atoms with Gasteiger partial charge in [0.25, 0.3) is 5.78 Å². The lowest BCUT2D eigenvalue weighted by Gasteiger charge is -2.52. The zero-order valence-corrected chi connectivity index (χ0v) is 28.8. The van der Waals surface area contributed by atoms with Crippen molar-refractivity contribution >= 4 is 17.4 Å². The molecule has 0 radical (unpaired) electrons. The van der Waals surface area contributed by atoms with Gasteiger partial charge in [0.05, 0.1) is 47.5 Å². The van der Waals surface area contributed by atoms with Crippen molar-refractivity contribution in [1.82, 2.24) is 34.4 Å². The van der Waals surface area contributed by atoms with E-state index in [4.69, 9.17) is 19.4 Å². The van der Waals surface area contributed by atoms with Gasteiger partial charge in [-0.3, -0.25) is 4.79 Å². The molecule has 0 spiro atoms. The van der Waals surface area contributed by atoms with Gasteiger partial charge in [0.1, 0.15) is 17.8 Å². The normalized spacial score (nSPS) is 27.7. The molecular weight excluding hydrogens is 592 g/mol. The van der Waals surface area contributed by atoms with Gasteiger partial charge in [-0.25, -0.2) is 15.0 Å². The second kappa shape index (κ2) is 13.6. The van der Waals surface area contributed by atoms with Crippen LogP contribution in [0.2, 0.25) is 0 Å². The fourth-order valence-corrected chi connectivity index (χ4v) is 8.63. The number of aromatic nitrogens is 6. The zero-order valence-electron chi connectivity index (χ0n) is 28.8. The van der Waals surface area contributed by atoms with Crippen LogP contribution in [0, 0.1) is 32.1 Å². The molecule has 254 valence electrons. The van der Waals surface area contributed by atoms with Crippen LogP contribution in [0.25, 0.3) is 5.78 Å². The molecule has 2 aliphatic heterocycles. The summed E-state index contributed by atoms with van der Waals surface area (Å²) >= 11 is 0. The van der Waals surface area contributed by atoms with Crippen LogP contribution >= 0.6 is 0 Å². The van der Waals surface area contributed by atoms with Gasteiger partial charge in [-0.2, -0.15) is 9.50 Å². The van der Waals surface area contributed by atoms with Gasteiger partial charge in [-0.05, 0) is 52.4 Å². The Balaban J connectivity index is 1.04. The van der Waals surface area contributed by atoms with E-state index in [9.17, 15) is 4.79 Å². The molecule has 3 saturated carbocycles. The third-order valence-electron chi connectivity index (χ3n) is 11.3. The summed E-state index contributed by atoms with van der Waals surface area (Å²) in [6.07, 6.45) is 19.3. The number of likely N-dealkylation sites (tertiary alicyclic amines) is 1. The van der Waals surface area contributed by atoms with Crippen molar-refractivity contribution in [2.45, 2.75) is 122 Å². The van der Waals surface area contributed by atoms with Crippen molar-refractivity contribution in [3.05, 3.63) is 35.4 Å². The molecule has 8 rings (SSSR count). The topological polar surface area (TPSA) is 111 Å². The van der Waals surface area contributed by atoms with E-state index in [-0.39, 0.29) is 23.5 Å². The number of ether oxygens (including phenoxy) is 2. The number of aryl methyl sites for hydroxylation is 3. The lowest BCUT2D eigenvalue weighted by Crippen LogP contribution is -2.61. The number of carbonyl (C=O) groups is 1. The first-order chi connectivity index (χ1) is 22.8. The van der Waals surface area contributed by atoms with Crippen molar-refractivity contribution in [3.8, 4) is 5.75 Å². The Bertz CT molecular complexity index is 1550. The van der Waals surface area contributed by atoms with Crippen LogP contribution in [0.1, 0.15) is 112 Å². The highest BCUT2D eigenvalue weighted by atomic mass is 16.5. The summed E-state index contributed by atoms with van der Waals surface area (Å²) in [6, 6.07) is 0. The summed E-state index contributed by atoms with van der Waals surface area (Å²) in [4.78, 5) is 37.4. The molecule has 11 nitrogen and oxygen atoms in total. The van der Waals surface area contributed by atoms with Crippen LogP contribution in [0.15, 0.2) is 12.4 Å². The maximum Gasteiger partial charge on any atom is 0.253 e. The molecule has 1 amide bonds. The Morgan fingerprint density at radius 1 is 0.851 bits per heavy atom. The van der Waals surface area contributed by atoms with E-state index < -0.39 is 0 Å². The fourth-order valence-electron chi connectivity index (χ4n) is 8.63. The molecule has 2 bridgehead atoms. The number of fused-ring (bicyclic) bond motifs is 11. The fraction of sp³-hybridized carbons (Fsp3) is 0.722. The molecule has 0 N–H and O–H groups in total. The van der Waals surface area contributed by atoms with Gasteiger partial charge < -0.3 is 19.3 Å². The Kier molecular flexibility index (Phi) is 9.35. The van der Waals surface area contributed by atoms with Crippen molar-refractivity contribution < 1.29 is 14.3 Å². The maximum atomic E-state index is 14.0. The van der Waals surface area contributed by atoms with E-state index in [0.29, 0.717) is 23.4 Å². The van der Waals surface area contributed by atoms with Gasteiger partial charge >= 0.3 is 0 Å². The van der Waals surface area contributed by atoms with Crippen LogP contribution in [-0.4, -0.2) is 85.9 Å². The Labute approximate surface area is 278 Å². The summed E-state index contributed by atoms with van der Waals surface area (Å²) in [5.41, 5.74) is 2.50. The van der Waals surface area contributed by atoms with E-state index in [2.05, 4.69) is 20.0 Å². The lowest BCUT2D eigenvalue weighted by molar-refractivity contribution is -0.164. The second-order valence-electron chi connectivity index (χ2n) is 14.8. The molecule has 5 heterocycles. The van der Waals surface area contributed by atoms with Crippen LogP contribution in [0.4, 0.5) is 5.69 Å². The first-order valence-electron chi connectivity index (χ1n) is 18.1. The predicted octanol–water partition coefficient (Wildman–Crippen LogP) is 5.75. The second-order valence-corrected chi connectivity index (χ2v) is 14.8. The molecule has 2 atom stereocenters. The Morgan fingerprint density at radius 3 is 2.28 bits per heavy atom. The van der Waals surface area contributed by atoms with Crippen LogP contribution in [-0.2, 0) is 9.53 Å². The third-order valence-corrected chi connectivity index (χ3v) is 11.3. The molecule has 1 unspecified atom stereocenters. The first-order valence-corrected chi connectivity index (χ1v) is 18.1. The van der Waals surface area contributed by atoms with Crippen molar-refractivity contribution in [3.63, 3.8) is 0 Å². The summed E-state index contributed by atoms with van der Waals surface area (Å²) in [6.45, 7) is 8.95. The third kappa shape index (κ3) is 6.69.